The van der Waals surface area contributed by atoms with Gasteiger partial charge in [0.15, 0.2) is 0 Å². The smallest absolute Gasteiger partial charge is 0.232 e. The molecule has 21 heavy (non-hydrogen) atoms. The fourth-order valence-electron chi connectivity index (χ4n) is 3.02. The third-order valence-electron chi connectivity index (χ3n) is 4.49. The molecule has 3 heteroatoms. The Labute approximate surface area is 128 Å². The lowest BCUT2D eigenvalue weighted by Gasteiger charge is -2.36. The lowest BCUT2D eigenvalue weighted by molar-refractivity contribution is -0.138. The van der Waals surface area contributed by atoms with Gasteiger partial charge in [-0.25, -0.2) is 0 Å². The van der Waals surface area contributed by atoms with Crippen molar-refractivity contribution in [3.05, 3.63) is 35.9 Å². The van der Waals surface area contributed by atoms with E-state index in [1.54, 1.807) is 0 Å². The van der Waals surface area contributed by atoms with Crippen molar-refractivity contribution >= 4 is 5.91 Å². The van der Waals surface area contributed by atoms with E-state index in [0.29, 0.717) is 6.04 Å². The highest BCUT2D eigenvalue weighted by atomic mass is 16.2. The summed E-state index contributed by atoms with van der Waals surface area (Å²) < 4.78 is 0. The molecule has 1 unspecified atom stereocenters. The number of benzene rings is 1. The second kappa shape index (κ2) is 6.61. The van der Waals surface area contributed by atoms with Crippen LogP contribution >= 0.6 is 0 Å². The van der Waals surface area contributed by atoms with Crippen molar-refractivity contribution in [3.63, 3.8) is 0 Å². The summed E-state index contributed by atoms with van der Waals surface area (Å²) in [5.41, 5.74) is 0.601. The van der Waals surface area contributed by atoms with Gasteiger partial charge in [0.25, 0.3) is 0 Å². The quantitative estimate of drug-likeness (QED) is 0.903. The topological polar surface area (TPSA) is 32.3 Å². The Hall–Kier alpha value is -1.35. The maximum Gasteiger partial charge on any atom is 0.232 e. The molecule has 1 saturated heterocycles. The van der Waals surface area contributed by atoms with Gasteiger partial charge in [0.05, 0.1) is 5.41 Å². The fraction of sp³-hybridized carbons (Fsp3) is 0.611. The summed E-state index contributed by atoms with van der Waals surface area (Å²) in [6, 6.07) is 10.8. The van der Waals surface area contributed by atoms with Crippen molar-refractivity contribution in [1.29, 1.82) is 0 Å². The maximum absolute atomic E-state index is 13.1. The third kappa shape index (κ3) is 3.65. The van der Waals surface area contributed by atoms with Gasteiger partial charge >= 0.3 is 0 Å². The summed E-state index contributed by atoms with van der Waals surface area (Å²) >= 11 is 0. The van der Waals surface area contributed by atoms with Crippen molar-refractivity contribution in [2.45, 2.75) is 58.0 Å². The van der Waals surface area contributed by atoms with Gasteiger partial charge in [0.1, 0.15) is 0 Å². The Morgan fingerprint density at radius 2 is 2.00 bits per heavy atom. The summed E-state index contributed by atoms with van der Waals surface area (Å²) in [6.07, 6.45) is 2.38. The molecular formula is C18H28N2O. The molecule has 1 fully saturated rings. The molecule has 0 saturated carbocycles. The largest absolute Gasteiger partial charge is 0.338 e. The van der Waals surface area contributed by atoms with Gasteiger partial charge in [0.2, 0.25) is 5.91 Å². The minimum Gasteiger partial charge on any atom is -0.338 e. The molecule has 0 bridgehead atoms. The number of amides is 1. The zero-order valence-corrected chi connectivity index (χ0v) is 13.7. The molecule has 1 aliphatic rings. The highest BCUT2D eigenvalue weighted by molar-refractivity contribution is 5.87. The van der Waals surface area contributed by atoms with Crippen molar-refractivity contribution in [2.75, 3.05) is 13.1 Å². The van der Waals surface area contributed by atoms with Crippen LogP contribution in [0.2, 0.25) is 0 Å². The van der Waals surface area contributed by atoms with Crippen LogP contribution in [-0.4, -0.2) is 36.0 Å². The maximum atomic E-state index is 13.1. The normalized spacial score (nSPS) is 19.0. The number of nitrogens with zero attached hydrogens (tertiary/aromatic N) is 1. The Bertz CT molecular complexity index is 461. The number of rotatable bonds is 5. The van der Waals surface area contributed by atoms with Crippen LogP contribution in [-0.2, 0) is 10.2 Å². The summed E-state index contributed by atoms with van der Waals surface area (Å²) in [7, 11) is 0. The van der Waals surface area contributed by atoms with E-state index in [-0.39, 0.29) is 11.9 Å². The van der Waals surface area contributed by atoms with Crippen LogP contribution in [0.5, 0.6) is 0 Å². The molecule has 1 aromatic carbocycles. The monoisotopic (exact) mass is 288 g/mol. The minimum atomic E-state index is -0.482. The molecule has 3 nitrogen and oxygen atoms in total. The molecule has 2 rings (SSSR count). The van der Waals surface area contributed by atoms with Crippen LogP contribution in [0, 0.1) is 0 Å². The number of hydrogen-bond acceptors (Lipinski definition) is 2. The van der Waals surface area contributed by atoms with Gasteiger partial charge in [-0.15, -0.1) is 0 Å². The third-order valence-corrected chi connectivity index (χ3v) is 4.49. The SMILES string of the molecule is CC(C)N(CC1CCCN1)C(=O)C(C)(C)c1ccccc1. The van der Waals surface area contributed by atoms with Crippen LogP contribution in [0.3, 0.4) is 0 Å². The summed E-state index contributed by atoms with van der Waals surface area (Å²) in [5, 5.41) is 3.49. The molecule has 0 radical (unpaired) electrons. The fourth-order valence-corrected chi connectivity index (χ4v) is 3.02. The second-order valence-electron chi connectivity index (χ2n) is 6.84. The van der Waals surface area contributed by atoms with Crippen molar-refractivity contribution in [1.82, 2.24) is 10.2 Å². The predicted octanol–water partition coefficient (Wildman–Crippen LogP) is 2.95. The van der Waals surface area contributed by atoms with Gasteiger partial charge in [-0.3, -0.25) is 4.79 Å². The minimum absolute atomic E-state index is 0.220. The zero-order valence-electron chi connectivity index (χ0n) is 13.7. The van der Waals surface area contributed by atoms with Crippen molar-refractivity contribution in [3.8, 4) is 0 Å². The van der Waals surface area contributed by atoms with E-state index in [1.165, 1.54) is 12.8 Å². The van der Waals surface area contributed by atoms with Gasteiger partial charge in [-0.05, 0) is 52.6 Å². The molecule has 1 atom stereocenters. The average molecular weight is 288 g/mol. The molecule has 1 aromatic rings. The van der Waals surface area contributed by atoms with E-state index in [1.807, 2.05) is 49.1 Å². The molecule has 0 spiro atoms. The first kappa shape index (κ1) is 16.0. The zero-order chi connectivity index (χ0) is 15.5. The number of carbonyl (C=O) groups excluding carboxylic acids is 1. The number of carbonyl (C=O) groups is 1. The van der Waals surface area contributed by atoms with E-state index >= 15 is 0 Å². The van der Waals surface area contributed by atoms with Crippen LogP contribution < -0.4 is 5.32 Å². The van der Waals surface area contributed by atoms with E-state index in [2.05, 4.69) is 19.2 Å². The van der Waals surface area contributed by atoms with Crippen LogP contribution in [0.15, 0.2) is 30.3 Å². The van der Waals surface area contributed by atoms with E-state index in [0.717, 1.165) is 18.7 Å². The van der Waals surface area contributed by atoms with Crippen LogP contribution in [0.4, 0.5) is 0 Å². The van der Waals surface area contributed by atoms with Crippen LogP contribution in [0.25, 0.3) is 0 Å². The van der Waals surface area contributed by atoms with Crippen molar-refractivity contribution in [2.24, 2.45) is 0 Å². The Kier molecular flexibility index (Phi) is 5.04. The molecule has 1 heterocycles. The van der Waals surface area contributed by atoms with Crippen molar-refractivity contribution < 1.29 is 4.79 Å². The first-order chi connectivity index (χ1) is 9.93. The Balaban J connectivity index is 2.17. The van der Waals surface area contributed by atoms with E-state index in [4.69, 9.17) is 0 Å². The molecule has 1 amide bonds. The predicted molar refractivity (Wildman–Crippen MR) is 87.3 cm³/mol. The summed E-state index contributed by atoms with van der Waals surface area (Å²) in [6.45, 7) is 10.2. The standard InChI is InChI=1S/C18H28N2O/c1-14(2)20(13-16-11-8-12-19-16)17(21)18(3,4)15-9-6-5-7-10-15/h5-7,9-10,14,16,19H,8,11-13H2,1-4H3. The van der Waals surface area contributed by atoms with Crippen LogP contribution in [0.1, 0.15) is 46.1 Å². The molecule has 0 aromatic heterocycles. The first-order valence-corrected chi connectivity index (χ1v) is 8.03. The lowest BCUT2D eigenvalue weighted by atomic mass is 9.82. The molecule has 0 aliphatic carbocycles. The first-order valence-electron chi connectivity index (χ1n) is 8.03. The molecule has 1 N–H and O–H groups in total. The molecule has 1 aliphatic heterocycles. The van der Waals surface area contributed by atoms with Gasteiger partial charge in [0, 0.05) is 18.6 Å². The summed E-state index contributed by atoms with van der Waals surface area (Å²) in [5.74, 6) is 0.220. The Morgan fingerprint density at radius 3 is 2.52 bits per heavy atom. The highest BCUT2D eigenvalue weighted by Crippen LogP contribution is 2.27. The second-order valence-corrected chi connectivity index (χ2v) is 6.84. The number of nitrogens with one attached hydrogen (secondary N) is 1. The van der Waals surface area contributed by atoms with Gasteiger partial charge in [-0.1, -0.05) is 30.3 Å². The van der Waals surface area contributed by atoms with E-state index in [9.17, 15) is 4.79 Å². The van der Waals surface area contributed by atoms with E-state index < -0.39 is 5.41 Å². The van der Waals surface area contributed by atoms with Gasteiger partial charge < -0.3 is 10.2 Å². The Morgan fingerprint density at radius 1 is 1.33 bits per heavy atom. The average Bonchev–Trinajstić information content (AvgIpc) is 2.97. The molecular weight excluding hydrogens is 260 g/mol. The number of hydrogen-bond donors (Lipinski definition) is 1. The lowest BCUT2D eigenvalue weighted by Crippen LogP contribution is -2.51. The van der Waals surface area contributed by atoms with Gasteiger partial charge in [-0.2, -0.15) is 0 Å². The summed E-state index contributed by atoms with van der Waals surface area (Å²) in [4.78, 5) is 15.1. The highest BCUT2D eigenvalue weighted by Gasteiger charge is 2.35. The molecule has 116 valence electrons.